The van der Waals surface area contributed by atoms with E-state index in [1.807, 2.05) is 0 Å². The van der Waals surface area contributed by atoms with Gasteiger partial charge in [-0.25, -0.2) is 9.78 Å². The fourth-order valence-corrected chi connectivity index (χ4v) is 1.41. The minimum absolute atomic E-state index is 0.286. The van der Waals surface area contributed by atoms with Gasteiger partial charge in [0.05, 0.1) is 13.2 Å². The molecule has 0 aliphatic carbocycles. The summed E-state index contributed by atoms with van der Waals surface area (Å²) < 4.78 is 4.78. The van der Waals surface area contributed by atoms with Crippen molar-refractivity contribution in [1.29, 1.82) is 0 Å². The van der Waals surface area contributed by atoms with E-state index in [4.69, 9.17) is 10.5 Å². The number of carbonyl (C=O) groups is 1. The predicted octanol–water partition coefficient (Wildman–Crippen LogP) is 0.630. The van der Waals surface area contributed by atoms with E-state index in [0.29, 0.717) is 17.3 Å². The van der Waals surface area contributed by atoms with E-state index in [9.17, 15) is 4.79 Å². The lowest BCUT2D eigenvalue weighted by molar-refractivity contribution is 0.0520. The first-order valence-corrected chi connectivity index (χ1v) is 4.97. The number of aromatic nitrogens is 1. The van der Waals surface area contributed by atoms with Gasteiger partial charge in [-0.2, -0.15) is 0 Å². The molecule has 0 unspecified atom stereocenters. The Morgan fingerprint density at radius 3 is 3.21 bits per heavy atom. The first-order chi connectivity index (χ1) is 6.77. The summed E-state index contributed by atoms with van der Waals surface area (Å²) in [5.41, 5.74) is 5.51. The number of rotatable bonds is 2. The largest absolute Gasteiger partial charge is 0.461 e. The summed E-state index contributed by atoms with van der Waals surface area (Å²) in [4.78, 5) is 15.2. The molecule has 0 saturated carbocycles. The van der Waals surface area contributed by atoms with Crippen LogP contribution in [0.1, 0.15) is 22.4 Å². The minimum Gasteiger partial charge on any atom is -0.461 e. The summed E-state index contributed by atoms with van der Waals surface area (Å²) in [6.45, 7) is 2.38. The molecule has 0 aromatic carbocycles. The van der Waals surface area contributed by atoms with Crippen LogP contribution in [0.25, 0.3) is 0 Å². The molecular weight excluding hydrogens is 200 g/mol. The smallest absolute Gasteiger partial charge is 0.357 e. The van der Waals surface area contributed by atoms with Crippen molar-refractivity contribution < 1.29 is 9.53 Å². The number of nitrogens with two attached hydrogens (primary N) is 1. The van der Waals surface area contributed by atoms with Gasteiger partial charge in [-0.05, 0) is 12.8 Å². The molecule has 0 fully saturated rings. The second-order valence-electron chi connectivity index (χ2n) is 2.26. The SMILES string of the molecule is CCOC(=O)c1csc(C#CCN)n1. The van der Waals surface area contributed by atoms with Crippen LogP contribution in [0.4, 0.5) is 0 Å². The normalized spacial score (nSPS) is 9.00. The first-order valence-electron chi connectivity index (χ1n) is 4.09. The van der Waals surface area contributed by atoms with E-state index in [1.54, 1.807) is 12.3 Å². The van der Waals surface area contributed by atoms with Crippen molar-refractivity contribution in [2.24, 2.45) is 5.73 Å². The van der Waals surface area contributed by atoms with E-state index in [0.717, 1.165) is 0 Å². The fourth-order valence-electron chi connectivity index (χ4n) is 0.757. The van der Waals surface area contributed by atoms with Crippen LogP contribution in [0.15, 0.2) is 5.38 Å². The molecule has 0 spiro atoms. The number of hydrogen-bond acceptors (Lipinski definition) is 5. The van der Waals surface area contributed by atoms with E-state index >= 15 is 0 Å². The Kier molecular flexibility index (Phi) is 4.11. The van der Waals surface area contributed by atoms with E-state index in [2.05, 4.69) is 16.8 Å². The zero-order chi connectivity index (χ0) is 10.4. The van der Waals surface area contributed by atoms with Crippen LogP contribution in [0.2, 0.25) is 0 Å². The van der Waals surface area contributed by atoms with Gasteiger partial charge >= 0.3 is 5.97 Å². The molecule has 5 heteroatoms. The topological polar surface area (TPSA) is 65.2 Å². The van der Waals surface area contributed by atoms with Crippen molar-refractivity contribution >= 4 is 17.3 Å². The molecule has 4 nitrogen and oxygen atoms in total. The van der Waals surface area contributed by atoms with Crippen LogP contribution in [0.5, 0.6) is 0 Å². The number of carbonyl (C=O) groups excluding carboxylic acids is 1. The maximum absolute atomic E-state index is 11.2. The molecule has 0 saturated heterocycles. The van der Waals surface area contributed by atoms with E-state index < -0.39 is 5.97 Å². The predicted molar refractivity (Wildman–Crippen MR) is 54.0 cm³/mol. The molecule has 1 heterocycles. The summed E-state index contributed by atoms with van der Waals surface area (Å²) >= 11 is 1.30. The second-order valence-corrected chi connectivity index (χ2v) is 3.12. The maximum atomic E-state index is 11.2. The summed E-state index contributed by atoms with van der Waals surface area (Å²) in [7, 11) is 0. The van der Waals surface area contributed by atoms with Crippen LogP contribution in [-0.4, -0.2) is 24.1 Å². The highest BCUT2D eigenvalue weighted by atomic mass is 32.1. The van der Waals surface area contributed by atoms with Gasteiger partial charge in [0.25, 0.3) is 0 Å². The molecule has 2 N–H and O–H groups in total. The van der Waals surface area contributed by atoms with Crippen molar-refractivity contribution in [2.45, 2.75) is 6.92 Å². The van der Waals surface area contributed by atoms with Crippen molar-refractivity contribution in [3.63, 3.8) is 0 Å². The summed E-state index contributed by atoms with van der Waals surface area (Å²) in [5.74, 6) is 5.00. The number of hydrogen-bond donors (Lipinski definition) is 1. The Hall–Kier alpha value is -1.38. The van der Waals surface area contributed by atoms with Gasteiger partial charge in [0.1, 0.15) is 0 Å². The third-order valence-electron chi connectivity index (χ3n) is 1.29. The zero-order valence-corrected chi connectivity index (χ0v) is 8.56. The van der Waals surface area contributed by atoms with Crippen LogP contribution in [-0.2, 0) is 4.74 Å². The second kappa shape index (κ2) is 5.37. The van der Waals surface area contributed by atoms with Gasteiger partial charge in [-0.15, -0.1) is 11.3 Å². The maximum Gasteiger partial charge on any atom is 0.357 e. The highest BCUT2D eigenvalue weighted by molar-refractivity contribution is 7.10. The highest BCUT2D eigenvalue weighted by Gasteiger charge is 2.09. The number of esters is 1. The number of thiazole rings is 1. The Balaban J connectivity index is 2.72. The Bertz CT molecular complexity index is 376. The molecule has 14 heavy (non-hydrogen) atoms. The van der Waals surface area contributed by atoms with Gasteiger partial charge in [0, 0.05) is 5.38 Å². The fraction of sp³-hybridized carbons (Fsp3) is 0.333. The number of nitrogens with zero attached hydrogens (tertiary/aromatic N) is 1. The number of ether oxygens (including phenoxy) is 1. The molecule has 0 radical (unpaired) electrons. The van der Waals surface area contributed by atoms with Crippen molar-refractivity contribution in [3.05, 3.63) is 16.1 Å². The first kappa shape index (κ1) is 10.7. The Morgan fingerprint density at radius 1 is 1.79 bits per heavy atom. The lowest BCUT2D eigenvalue weighted by Crippen LogP contribution is -2.04. The van der Waals surface area contributed by atoms with Crippen molar-refractivity contribution in [2.75, 3.05) is 13.2 Å². The molecule has 1 aromatic rings. The Labute approximate surface area is 86.1 Å². The van der Waals surface area contributed by atoms with E-state index in [1.165, 1.54) is 11.3 Å². The standard InChI is InChI=1S/C9H10N2O2S/c1-2-13-9(12)7-6-14-8(11-7)4-3-5-10/h6H,2,5,10H2,1H3. The quantitative estimate of drug-likeness (QED) is 0.574. The van der Waals surface area contributed by atoms with Gasteiger partial charge in [0.2, 0.25) is 0 Å². The van der Waals surface area contributed by atoms with Crippen molar-refractivity contribution in [3.8, 4) is 11.8 Å². The summed E-state index contributed by atoms with van der Waals surface area (Å²) in [5, 5.41) is 2.21. The molecule has 0 amide bonds. The third-order valence-corrected chi connectivity index (χ3v) is 2.04. The van der Waals surface area contributed by atoms with Gasteiger partial charge in [-0.3, -0.25) is 0 Å². The average molecular weight is 210 g/mol. The highest BCUT2D eigenvalue weighted by Crippen LogP contribution is 2.09. The van der Waals surface area contributed by atoms with Crippen LogP contribution in [0.3, 0.4) is 0 Å². The zero-order valence-electron chi connectivity index (χ0n) is 7.74. The average Bonchev–Trinajstić information content (AvgIpc) is 2.63. The van der Waals surface area contributed by atoms with E-state index in [-0.39, 0.29) is 6.54 Å². The molecule has 1 rings (SSSR count). The van der Waals surface area contributed by atoms with Gasteiger partial charge in [-0.1, -0.05) is 5.92 Å². The molecule has 74 valence electrons. The van der Waals surface area contributed by atoms with Crippen molar-refractivity contribution in [1.82, 2.24) is 4.98 Å². The molecule has 1 aromatic heterocycles. The summed E-state index contributed by atoms with van der Waals surface area (Å²) in [6.07, 6.45) is 0. The lowest BCUT2D eigenvalue weighted by Gasteiger charge is -1.95. The molecular formula is C9H10N2O2S. The van der Waals surface area contributed by atoms with Crippen LogP contribution < -0.4 is 5.73 Å². The minimum atomic E-state index is -0.412. The molecule has 0 aliphatic rings. The molecule has 0 atom stereocenters. The van der Waals surface area contributed by atoms with Gasteiger partial charge in [0.15, 0.2) is 10.7 Å². The van der Waals surface area contributed by atoms with Crippen LogP contribution in [0, 0.1) is 11.8 Å². The monoisotopic (exact) mass is 210 g/mol. The van der Waals surface area contributed by atoms with Crippen LogP contribution >= 0.6 is 11.3 Å². The Morgan fingerprint density at radius 2 is 2.57 bits per heavy atom. The lowest BCUT2D eigenvalue weighted by atomic mass is 10.5. The molecule has 0 bridgehead atoms. The van der Waals surface area contributed by atoms with Gasteiger partial charge < -0.3 is 10.5 Å². The third kappa shape index (κ3) is 2.83. The molecule has 0 aliphatic heterocycles. The summed E-state index contributed by atoms with van der Waals surface area (Å²) in [6, 6.07) is 0.